The number of nitrogen functional groups attached to an aromatic ring is 1. The largest absolute Gasteiger partial charge is 0.383 e. The van der Waals surface area contributed by atoms with Crippen LogP contribution in [0.3, 0.4) is 0 Å². The van der Waals surface area contributed by atoms with Crippen molar-refractivity contribution < 1.29 is 4.79 Å². The van der Waals surface area contributed by atoms with E-state index in [1.165, 1.54) is 0 Å². The van der Waals surface area contributed by atoms with Crippen LogP contribution in [0, 0.1) is 11.8 Å². The maximum Gasteiger partial charge on any atom is 0.280 e. The second kappa shape index (κ2) is 6.15. The van der Waals surface area contributed by atoms with Gasteiger partial charge in [0.1, 0.15) is 0 Å². The Morgan fingerprint density at radius 3 is 3.04 bits per heavy atom. The third-order valence-corrected chi connectivity index (χ3v) is 3.98. The van der Waals surface area contributed by atoms with Crippen molar-refractivity contribution in [2.75, 3.05) is 5.73 Å². The Morgan fingerprint density at radius 1 is 1.48 bits per heavy atom. The van der Waals surface area contributed by atoms with Crippen LogP contribution < -0.4 is 16.6 Å². The fourth-order valence-electron chi connectivity index (χ4n) is 2.64. The monoisotopic (exact) mass is 313 g/mol. The van der Waals surface area contributed by atoms with Gasteiger partial charge < -0.3 is 11.1 Å². The van der Waals surface area contributed by atoms with Crippen molar-refractivity contribution in [3.8, 4) is 0 Å². The van der Waals surface area contributed by atoms with Gasteiger partial charge in [0.25, 0.3) is 5.56 Å². The van der Waals surface area contributed by atoms with Crippen molar-refractivity contribution in [3.05, 3.63) is 34.0 Å². The Bertz CT molecular complexity index is 828. The van der Waals surface area contributed by atoms with E-state index in [0.717, 1.165) is 12.1 Å². The van der Waals surface area contributed by atoms with E-state index in [4.69, 9.17) is 5.73 Å². The first-order valence-electron chi connectivity index (χ1n) is 7.39. The Balaban J connectivity index is 1.74. The predicted octanol–water partition coefficient (Wildman–Crippen LogP) is 0.425. The quantitative estimate of drug-likeness (QED) is 0.746. The molecule has 0 aliphatic heterocycles. The molecule has 2 atom stereocenters. The fourth-order valence-corrected chi connectivity index (χ4v) is 2.64. The lowest BCUT2D eigenvalue weighted by Gasteiger charge is -2.24. The molecule has 0 fully saturated rings. The van der Waals surface area contributed by atoms with E-state index in [-0.39, 0.29) is 28.9 Å². The molecule has 2 unspecified atom stereocenters. The molecule has 0 saturated carbocycles. The van der Waals surface area contributed by atoms with Gasteiger partial charge in [0, 0.05) is 11.6 Å². The molecule has 4 N–H and O–H groups in total. The van der Waals surface area contributed by atoms with Gasteiger partial charge in [0.2, 0.25) is 12.2 Å². The minimum absolute atomic E-state index is 0.0190. The summed E-state index contributed by atoms with van der Waals surface area (Å²) in [6.45, 7) is 2.48. The number of aromatic amines is 1. The van der Waals surface area contributed by atoms with Crippen molar-refractivity contribution in [3.63, 3.8) is 0 Å². The number of H-pyrrole nitrogens is 1. The smallest absolute Gasteiger partial charge is 0.280 e. The summed E-state index contributed by atoms with van der Waals surface area (Å²) >= 11 is 0. The lowest BCUT2D eigenvalue weighted by atomic mass is 9.84. The maximum atomic E-state index is 11.8. The number of fused-ring (bicyclic) bond motifs is 1. The number of nitrogens with one attached hydrogen (secondary N) is 2. The molecule has 2 heterocycles. The average molecular weight is 313 g/mol. The first-order chi connectivity index (χ1) is 11.1. The summed E-state index contributed by atoms with van der Waals surface area (Å²) in [5.41, 5.74) is 7.16. The zero-order valence-corrected chi connectivity index (χ0v) is 12.7. The molecule has 2 aromatic heterocycles. The summed E-state index contributed by atoms with van der Waals surface area (Å²) in [6.07, 6.45) is 7.14. The number of rotatable bonds is 4. The normalized spacial score (nSPS) is 21.0. The zero-order valence-electron chi connectivity index (χ0n) is 12.7. The topological polar surface area (TPSA) is 127 Å². The molecule has 0 spiro atoms. The molecule has 0 bridgehead atoms. The molecule has 1 radical (unpaired) electrons. The van der Waals surface area contributed by atoms with Crippen molar-refractivity contribution in [1.82, 2.24) is 25.3 Å². The highest BCUT2D eigenvalue weighted by molar-refractivity contribution is 5.69. The Labute approximate surface area is 132 Å². The first-order valence-corrected chi connectivity index (χ1v) is 7.39. The van der Waals surface area contributed by atoms with Crippen LogP contribution in [-0.2, 0) is 11.3 Å². The molecular formula is C15H17N6O2. The van der Waals surface area contributed by atoms with Crippen LogP contribution in [0.25, 0.3) is 11.2 Å². The molecule has 0 aromatic carbocycles. The minimum atomic E-state index is -0.406. The zero-order chi connectivity index (χ0) is 16.4. The first kappa shape index (κ1) is 15.1. The van der Waals surface area contributed by atoms with E-state index in [0.29, 0.717) is 18.7 Å². The molecule has 3 rings (SSSR count). The van der Waals surface area contributed by atoms with Gasteiger partial charge >= 0.3 is 0 Å². The number of allylic oxidation sites excluding steroid dienone is 2. The molecule has 1 aliphatic rings. The third-order valence-electron chi connectivity index (χ3n) is 3.98. The second-order valence-corrected chi connectivity index (χ2v) is 5.71. The van der Waals surface area contributed by atoms with E-state index in [9.17, 15) is 9.59 Å². The highest BCUT2D eigenvalue weighted by atomic mass is 16.1. The predicted molar refractivity (Wildman–Crippen MR) is 84.9 cm³/mol. The van der Waals surface area contributed by atoms with Gasteiger partial charge in [-0.15, -0.1) is 0 Å². The minimum Gasteiger partial charge on any atom is -0.383 e. The number of hydrogen-bond donors (Lipinski definition) is 3. The van der Waals surface area contributed by atoms with Crippen LogP contribution in [0.4, 0.5) is 5.95 Å². The van der Waals surface area contributed by atoms with Gasteiger partial charge in [-0.25, -0.2) is 9.97 Å². The molecular weight excluding hydrogens is 296 g/mol. The van der Waals surface area contributed by atoms with Gasteiger partial charge in [-0.1, -0.05) is 13.0 Å². The summed E-state index contributed by atoms with van der Waals surface area (Å²) < 4.78 is 0. The summed E-state index contributed by atoms with van der Waals surface area (Å²) in [7, 11) is 0. The lowest BCUT2D eigenvalue weighted by molar-refractivity contribution is 0.394. The van der Waals surface area contributed by atoms with Crippen LogP contribution in [0.5, 0.6) is 0 Å². The van der Waals surface area contributed by atoms with Crippen molar-refractivity contribution in [1.29, 1.82) is 0 Å². The van der Waals surface area contributed by atoms with Gasteiger partial charge in [-0.3, -0.25) is 14.6 Å². The van der Waals surface area contributed by atoms with E-state index < -0.39 is 5.56 Å². The standard InChI is InChI=1S/C15H17N6O2/c1-8-4-10(3-2-9(8)7-22)17-5-11-6-18-13-12(19-11)14(23)21-15(16)20-13/h3,6,8-9,17H,2,4-5H2,1H3,(H3,16,18,20,21,23). The number of nitrogens with two attached hydrogens (primary N) is 1. The maximum absolute atomic E-state index is 11.8. The third kappa shape index (κ3) is 3.20. The van der Waals surface area contributed by atoms with Crippen molar-refractivity contribution >= 4 is 23.4 Å². The Morgan fingerprint density at radius 2 is 2.30 bits per heavy atom. The highest BCUT2D eigenvalue weighted by Gasteiger charge is 2.22. The van der Waals surface area contributed by atoms with Crippen LogP contribution in [0.15, 0.2) is 22.8 Å². The average Bonchev–Trinajstić information content (AvgIpc) is 2.53. The van der Waals surface area contributed by atoms with Crippen molar-refractivity contribution in [2.24, 2.45) is 11.8 Å². The Kier molecular flexibility index (Phi) is 4.05. The van der Waals surface area contributed by atoms with E-state index in [1.807, 2.05) is 13.0 Å². The Hall–Kier alpha value is -2.77. The second-order valence-electron chi connectivity index (χ2n) is 5.71. The summed E-state index contributed by atoms with van der Waals surface area (Å²) in [5, 5.41) is 3.28. The van der Waals surface area contributed by atoms with Crippen LogP contribution >= 0.6 is 0 Å². The SMILES string of the molecule is CC1CC(NCc2cnc3nc(N)[nH]c(=O)c3n2)=CCC1[C]=O. The molecule has 0 saturated heterocycles. The van der Waals surface area contributed by atoms with Crippen molar-refractivity contribution in [2.45, 2.75) is 26.3 Å². The summed E-state index contributed by atoms with van der Waals surface area (Å²) in [5.74, 6) is 0.249. The molecule has 8 heteroatoms. The number of aromatic nitrogens is 4. The van der Waals surface area contributed by atoms with Crippen LogP contribution in [0.2, 0.25) is 0 Å². The number of hydrogen-bond acceptors (Lipinski definition) is 7. The fraction of sp³-hybridized carbons (Fsp3) is 0.400. The number of anilines is 1. The number of nitrogens with zero attached hydrogens (tertiary/aromatic N) is 3. The highest BCUT2D eigenvalue weighted by Crippen LogP contribution is 2.26. The number of carbonyl (C=O) groups excluding carboxylic acids is 1. The van der Waals surface area contributed by atoms with Crippen LogP contribution in [-0.4, -0.2) is 26.2 Å². The van der Waals surface area contributed by atoms with E-state index in [2.05, 4.69) is 31.5 Å². The summed E-state index contributed by atoms with van der Waals surface area (Å²) in [6, 6.07) is 0. The lowest BCUT2D eigenvalue weighted by Crippen LogP contribution is -2.24. The van der Waals surface area contributed by atoms with E-state index in [1.54, 1.807) is 6.20 Å². The molecule has 23 heavy (non-hydrogen) atoms. The molecule has 0 amide bonds. The molecule has 1 aliphatic carbocycles. The van der Waals surface area contributed by atoms with Gasteiger partial charge in [0.05, 0.1) is 18.4 Å². The molecule has 8 nitrogen and oxygen atoms in total. The van der Waals surface area contributed by atoms with Gasteiger partial charge in [-0.05, 0) is 18.8 Å². The summed E-state index contributed by atoms with van der Waals surface area (Å²) in [4.78, 5) is 37.4. The van der Waals surface area contributed by atoms with Gasteiger partial charge in [0.15, 0.2) is 11.2 Å². The van der Waals surface area contributed by atoms with E-state index >= 15 is 0 Å². The molecule has 119 valence electrons. The van der Waals surface area contributed by atoms with Crippen LogP contribution in [0.1, 0.15) is 25.5 Å². The molecule has 2 aromatic rings. The van der Waals surface area contributed by atoms with Gasteiger partial charge in [-0.2, -0.15) is 4.98 Å².